The molecule has 6 nitrogen and oxygen atoms in total. The van der Waals surface area contributed by atoms with E-state index in [1.165, 1.54) is 6.92 Å². The summed E-state index contributed by atoms with van der Waals surface area (Å²) in [5, 5.41) is -0.0461. The van der Waals surface area contributed by atoms with E-state index >= 15 is 0 Å². The van der Waals surface area contributed by atoms with Crippen molar-refractivity contribution in [3.8, 4) is 5.75 Å². The maximum absolute atomic E-state index is 13.3. The van der Waals surface area contributed by atoms with Gasteiger partial charge in [0.15, 0.2) is 12.4 Å². The van der Waals surface area contributed by atoms with Crippen LogP contribution in [-0.2, 0) is 15.7 Å². The van der Waals surface area contributed by atoms with Crippen LogP contribution in [0.4, 0.5) is 32.0 Å². The van der Waals surface area contributed by atoms with E-state index in [0.717, 1.165) is 19.1 Å². The molecule has 0 aliphatic rings. The zero-order valence-corrected chi connectivity index (χ0v) is 19.3. The fraction of sp³-hybridized carbons (Fsp3) is 0.312. The Balaban J connectivity index is 2.58. The van der Waals surface area contributed by atoms with E-state index in [4.69, 9.17) is 4.74 Å². The Morgan fingerprint density at radius 1 is 1.13 bits per heavy atom. The first-order chi connectivity index (χ1) is 14.1. The van der Waals surface area contributed by atoms with Gasteiger partial charge in [-0.1, -0.05) is 0 Å². The molecule has 0 radical (unpaired) electrons. The van der Waals surface area contributed by atoms with E-state index in [-0.39, 0.29) is 19.6 Å². The Morgan fingerprint density at radius 3 is 2.13 bits per heavy atom. The lowest BCUT2D eigenvalue weighted by atomic mass is 10.2. The summed E-state index contributed by atoms with van der Waals surface area (Å²) in [5.41, 5.74) is -1.63. The molecule has 31 heavy (non-hydrogen) atoms. The lowest BCUT2D eigenvalue weighted by molar-refractivity contribution is -0.274. The highest BCUT2D eigenvalue weighted by atomic mass is 79.9. The number of carbonyl (C=O) groups excluding carboxylic acids is 2. The van der Waals surface area contributed by atoms with E-state index in [1.807, 2.05) is 0 Å². The third-order valence-electron chi connectivity index (χ3n) is 3.33. The summed E-state index contributed by atoms with van der Waals surface area (Å²) >= 11 is 6.40. The van der Waals surface area contributed by atoms with Gasteiger partial charge in [-0.05, 0) is 50.9 Å². The molecule has 0 aliphatic carbocycles. The summed E-state index contributed by atoms with van der Waals surface area (Å²) in [6, 6.07) is 1.70. The third-order valence-corrected chi connectivity index (χ3v) is 5.50. The van der Waals surface area contributed by atoms with Crippen molar-refractivity contribution >= 4 is 60.8 Å². The van der Waals surface area contributed by atoms with Crippen LogP contribution in [0.1, 0.15) is 27.3 Å². The molecule has 0 saturated heterocycles. The second kappa shape index (κ2) is 9.32. The largest absolute Gasteiger partial charge is 0.573 e. The molecule has 0 saturated carbocycles. The van der Waals surface area contributed by atoms with Crippen molar-refractivity contribution in [2.45, 2.75) is 26.4 Å². The first kappa shape index (κ1) is 25.4. The minimum absolute atomic E-state index is 0.0461. The second-order valence-electron chi connectivity index (χ2n) is 5.69. The van der Waals surface area contributed by atoms with Crippen LogP contribution in [0.5, 0.6) is 5.75 Å². The van der Waals surface area contributed by atoms with Crippen molar-refractivity contribution in [3.05, 3.63) is 36.7 Å². The summed E-state index contributed by atoms with van der Waals surface area (Å²) in [6.45, 7) is 1.45. The molecule has 0 fully saturated rings. The maximum Gasteiger partial charge on any atom is 0.573 e. The first-order valence-corrected chi connectivity index (χ1v) is 10.2. The number of nitrogens with zero attached hydrogens (tertiary/aromatic N) is 2. The quantitative estimate of drug-likeness (QED) is 0.237. The number of rotatable bonds is 5. The number of aromatic nitrogens is 1. The zero-order valence-electron chi connectivity index (χ0n) is 15.3. The number of hydrogen-bond donors (Lipinski definition) is 0. The van der Waals surface area contributed by atoms with E-state index in [0.29, 0.717) is 16.2 Å². The molecule has 15 heteroatoms. The van der Waals surface area contributed by atoms with Gasteiger partial charge in [-0.15, -0.1) is 24.5 Å². The Labute approximate surface area is 191 Å². The van der Waals surface area contributed by atoms with Gasteiger partial charge in [-0.2, -0.15) is 13.2 Å². The Bertz CT molecular complexity index is 986. The molecule has 1 amide bonds. The van der Waals surface area contributed by atoms with E-state index in [1.54, 1.807) is 0 Å². The Morgan fingerprint density at radius 2 is 1.68 bits per heavy atom. The molecule has 0 atom stereocenters. The molecule has 1 aromatic heterocycles. The highest BCUT2D eigenvalue weighted by Gasteiger charge is 2.41. The van der Waals surface area contributed by atoms with Crippen LogP contribution in [0.2, 0.25) is 0 Å². The van der Waals surface area contributed by atoms with Gasteiger partial charge in [-0.25, -0.2) is 4.98 Å². The second-order valence-corrected chi connectivity index (χ2v) is 8.60. The van der Waals surface area contributed by atoms with Crippen LogP contribution in [0.3, 0.4) is 0 Å². The SMILES string of the molecule is CC(=O)OCN(C(=O)c1sc(C)nc1C(F)(F)F)c1c(Br)cc(OC(F)(F)F)cc1Br. The smallest absolute Gasteiger partial charge is 0.444 e. The maximum atomic E-state index is 13.3. The van der Waals surface area contributed by atoms with Crippen LogP contribution in [0.25, 0.3) is 0 Å². The van der Waals surface area contributed by atoms with Crippen LogP contribution >= 0.6 is 43.2 Å². The van der Waals surface area contributed by atoms with Gasteiger partial charge in [0.2, 0.25) is 0 Å². The summed E-state index contributed by atoms with van der Waals surface area (Å²) in [6.07, 6.45) is -9.95. The highest BCUT2D eigenvalue weighted by Crippen LogP contribution is 2.41. The molecule has 1 aromatic carbocycles. The molecule has 0 spiro atoms. The number of halogens is 8. The molecule has 0 N–H and O–H groups in total. The predicted molar refractivity (Wildman–Crippen MR) is 104 cm³/mol. The molecule has 170 valence electrons. The monoisotopic (exact) mass is 598 g/mol. The zero-order chi connectivity index (χ0) is 23.7. The molecule has 2 aromatic rings. The number of benzene rings is 1. The van der Waals surface area contributed by atoms with Crippen LogP contribution in [0, 0.1) is 6.92 Å². The summed E-state index contributed by atoms with van der Waals surface area (Å²) < 4.78 is 85.7. The van der Waals surface area contributed by atoms with E-state index < -0.39 is 47.5 Å². The Hall–Kier alpha value is -1.87. The molecule has 1 heterocycles. The third kappa shape index (κ3) is 6.55. The number of alkyl halides is 6. The van der Waals surface area contributed by atoms with E-state index in [2.05, 4.69) is 41.6 Å². The highest BCUT2D eigenvalue weighted by molar-refractivity contribution is 9.11. The number of hydrogen-bond acceptors (Lipinski definition) is 6. The van der Waals surface area contributed by atoms with Gasteiger partial charge in [-0.3, -0.25) is 14.5 Å². The number of thiazole rings is 1. The molecular formula is C16H10Br2F6N2O4S. The van der Waals surface area contributed by atoms with Crippen molar-refractivity contribution < 1.29 is 45.4 Å². The summed E-state index contributed by atoms with van der Waals surface area (Å²) in [4.78, 5) is 27.4. The minimum atomic E-state index is -5.00. The van der Waals surface area contributed by atoms with Gasteiger partial charge in [0.25, 0.3) is 5.91 Å². The molecule has 2 rings (SSSR count). The Kier molecular flexibility index (Phi) is 7.63. The van der Waals surface area contributed by atoms with Gasteiger partial charge in [0.1, 0.15) is 10.6 Å². The number of anilines is 1. The fourth-order valence-electron chi connectivity index (χ4n) is 2.26. The summed E-state index contributed by atoms with van der Waals surface area (Å²) in [5.74, 6) is -2.75. The first-order valence-electron chi connectivity index (χ1n) is 7.84. The molecule has 0 aliphatic heterocycles. The van der Waals surface area contributed by atoms with Crippen molar-refractivity contribution in [2.75, 3.05) is 11.6 Å². The van der Waals surface area contributed by atoms with Crippen molar-refractivity contribution in [3.63, 3.8) is 0 Å². The van der Waals surface area contributed by atoms with E-state index in [9.17, 15) is 35.9 Å². The molecule has 0 bridgehead atoms. The van der Waals surface area contributed by atoms with Crippen LogP contribution in [0.15, 0.2) is 21.1 Å². The normalized spacial score (nSPS) is 11.9. The number of amides is 1. The predicted octanol–water partition coefficient (Wildman–Crippen LogP) is 6.06. The lowest BCUT2D eigenvalue weighted by Gasteiger charge is -2.25. The standard InChI is InChI=1S/C16H10Br2F6N2O4S/c1-6-25-13(15(19,20)21)12(31-6)14(28)26(5-29-7(2)27)11-9(17)3-8(4-10(11)18)30-16(22,23)24/h3-4H,5H2,1-2H3. The van der Waals surface area contributed by atoms with Gasteiger partial charge in [0.05, 0.1) is 10.7 Å². The fourth-order valence-corrected chi connectivity index (χ4v) is 4.72. The van der Waals surface area contributed by atoms with Crippen molar-refractivity contribution in [1.29, 1.82) is 0 Å². The number of ether oxygens (including phenoxy) is 2. The van der Waals surface area contributed by atoms with Crippen LogP contribution in [-0.4, -0.2) is 30.0 Å². The van der Waals surface area contributed by atoms with Gasteiger partial charge < -0.3 is 9.47 Å². The van der Waals surface area contributed by atoms with Gasteiger partial charge in [0, 0.05) is 15.9 Å². The lowest BCUT2D eigenvalue weighted by Crippen LogP contribution is -2.35. The molecular weight excluding hydrogens is 590 g/mol. The number of esters is 1. The average molecular weight is 600 g/mol. The minimum Gasteiger partial charge on any atom is -0.444 e. The number of carbonyl (C=O) groups is 2. The molecule has 0 unspecified atom stereocenters. The van der Waals surface area contributed by atoms with Crippen LogP contribution < -0.4 is 9.64 Å². The average Bonchev–Trinajstić information content (AvgIpc) is 2.97. The topological polar surface area (TPSA) is 68.7 Å². The number of aryl methyl sites for hydroxylation is 1. The van der Waals surface area contributed by atoms with Crippen molar-refractivity contribution in [2.24, 2.45) is 0 Å². The van der Waals surface area contributed by atoms with Crippen molar-refractivity contribution in [1.82, 2.24) is 4.98 Å². The van der Waals surface area contributed by atoms with Gasteiger partial charge >= 0.3 is 18.5 Å². The summed E-state index contributed by atoms with van der Waals surface area (Å²) in [7, 11) is 0.